The van der Waals surface area contributed by atoms with Crippen LogP contribution in [0.2, 0.25) is 0 Å². The number of benzene rings is 8. The van der Waals surface area contributed by atoms with Gasteiger partial charge in [0.2, 0.25) is 5.95 Å². The second kappa shape index (κ2) is 13.0. The van der Waals surface area contributed by atoms with E-state index in [4.69, 9.17) is 15.0 Å². The summed E-state index contributed by atoms with van der Waals surface area (Å²) in [6, 6.07) is 70.2. The van der Waals surface area contributed by atoms with Crippen molar-refractivity contribution in [3.05, 3.63) is 200 Å². The standard InChI is InChI=1S/C51H33N5/c1-4-16-34(17-5-1)39-22-10-11-23-40(39)35-28-30-37(31-29-35)50-52-49(36-18-6-2-7-19-36)53-51(54-50)56-44-27-15-13-25-42(44)48-46(56)33-32-45-47(48)41-24-12-14-26-43(41)55(45)38-20-8-3-9-21-38/h1-33H. The maximum atomic E-state index is 5.27. The zero-order valence-electron chi connectivity index (χ0n) is 30.3. The number of para-hydroxylation sites is 3. The van der Waals surface area contributed by atoms with Gasteiger partial charge in [-0.2, -0.15) is 9.97 Å². The maximum absolute atomic E-state index is 5.27. The first kappa shape index (κ1) is 31.9. The molecule has 3 heterocycles. The van der Waals surface area contributed by atoms with E-state index in [1.165, 1.54) is 38.4 Å². The number of aromatic nitrogens is 5. The second-order valence-electron chi connectivity index (χ2n) is 14.0. The van der Waals surface area contributed by atoms with Gasteiger partial charge in [-0.25, -0.2) is 4.98 Å². The Morgan fingerprint density at radius 2 is 0.696 bits per heavy atom. The predicted molar refractivity (Wildman–Crippen MR) is 230 cm³/mol. The minimum atomic E-state index is 0.574. The lowest BCUT2D eigenvalue weighted by molar-refractivity contribution is 0.953. The molecule has 5 nitrogen and oxygen atoms in total. The molecule has 0 radical (unpaired) electrons. The van der Waals surface area contributed by atoms with Crippen molar-refractivity contribution in [2.45, 2.75) is 0 Å². The lowest BCUT2D eigenvalue weighted by Gasteiger charge is -2.12. The van der Waals surface area contributed by atoms with E-state index >= 15 is 0 Å². The molecule has 0 fully saturated rings. The summed E-state index contributed by atoms with van der Waals surface area (Å²) in [6.45, 7) is 0. The molecule has 262 valence electrons. The van der Waals surface area contributed by atoms with Crippen molar-refractivity contribution in [3.8, 4) is 56.7 Å². The first-order valence-corrected chi connectivity index (χ1v) is 18.9. The molecule has 0 unspecified atom stereocenters. The van der Waals surface area contributed by atoms with Crippen LogP contribution in [0.15, 0.2) is 200 Å². The average molecular weight is 716 g/mol. The highest BCUT2D eigenvalue weighted by molar-refractivity contribution is 6.28. The van der Waals surface area contributed by atoms with Gasteiger partial charge in [0.05, 0.1) is 22.1 Å². The molecule has 11 rings (SSSR count). The van der Waals surface area contributed by atoms with Gasteiger partial charge in [0.15, 0.2) is 11.6 Å². The molecule has 0 aliphatic carbocycles. The highest BCUT2D eigenvalue weighted by Gasteiger charge is 2.22. The van der Waals surface area contributed by atoms with Crippen LogP contribution in [0.5, 0.6) is 0 Å². The topological polar surface area (TPSA) is 48.5 Å². The molecule has 0 saturated carbocycles. The van der Waals surface area contributed by atoms with Crippen molar-refractivity contribution in [2.75, 3.05) is 0 Å². The van der Waals surface area contributed by atoms with Crippen LogP contribution in [-0.2, 0) is 0 Å². The van der Waals surface area contributed by atoms with Gasteiger partial charge in [0.1, 0.15) is 0 Å². The van der Waals surface area contributed by atoms with Gasteiger partial charge < -0.3 is 4.57 Å². The molecule has 5 heteroatoms. The zero-order valence-corrected chi connectivity index (χ0v) is 30.3. The van der Waals surface area contributed by atoms with Crippen molar-refractivity contribution in [2.24, 2.45) is 0 Å². The van der Waals surface area contributed by atoms with Crippen LogP contribution in [0.25, 0.3) is 100 Å². The molecule has 11 aromatic rings. The molecular weight excluding hydrogens is 683 g/mol. The molecule has 0 saturated heterocycles. The third-order valence-corrected chi connectivity index (χ3v) is 10.8. The monoisotopic (exact) mass is 715 g/mol. The molecule has 0 aliphatic heterocycles. The average Bonchev–Trinajstić information content (AvgIpc) is 3.80. The quantitative estimate of drug-likeness (QED) is 0.172. The minimum absolute atomic E-state index is 0.574. The molecular formula is C51H33N5. The summed E-state index contributed by atoms with van der Waals surface area (Å²) < 4.78 is 4.58. The Balaban J connectivity index is 1.13. The summed E-state index contributed by atoms with van der Waals surface area (Å²) in [5.74, 6) is 1.81. The van der Waals surface area contributed by atoms with E-state index in [9.17, 15) is 0 Å². The molecule has 3 aromatic heterocycles. The zero-order chi connectivity index (χ0) is 37.0. The molecule has 0 N–H and O–H groups in total. The van der Waals surface area contributed by atoms with Crippen molar-refractivity contribution in [1.29, 1.82) is 0 Å². The number of rotatable bonds is 6. The van der Waals surface area contributed by atoms with E-state index < -0.39 is 0 Å². The SMILES string of the molecule is c1ccc(-c2nc(-c3ccc(-c4ccccc4-c4ccccc4)cc3)nc(-n3c4ccccc4c4c5c6ccccc6n(-c6ccccc6)c5ccc43)n2)cc1. The molecule has 0 aliphatic rings. The van der Waals surface area contributed by atoms with Gasteiger partial charge in [0.25, 0.3) is 0 Å². The molecule has 0 bridgehead atoms. The number of hydrogen-bond donors (Lipinski definition) is 0. The first-order valence-electron chi connectivity index (χ1n) is 18.9. The van der Waals surface area contributed by atoms with Crippen LogP contribution < -0.4 is 0 Å². The third kappa shape index (κ3) is 5.13. The Bertz CT molecular complexity index is 3220. The van der Waals surface area contributed by atoms with Gasteiger partial charge in [0, 0.05) is 38.4 Å². The predicted octanol–water partition coefficient (Wildman–Crippen LogP) is 12.7. The Labute approximate surface area is 323 Å². The molecule has 0 spiro atoms. The van der Waals surface area contributed by atoms with E-state index in [1.807, 2.05) is 18.2 Å². The van der Waals surface area contributed by atoms with Crippen LogP contribution in [0.3, 0.4) is 0 Å². The molecule has 0 amide bonds. The van der Waals surface area contributed by atoms with Crippen molar-refractivity contribution < 1.29 is 0 Å². The smallest absolute Gasteiger partial charge is 0.238 e. The summed E-state index contributed by atoms with van der Waals surface area (Å²) in [5, 5.41) is 4.73. The molecule has 0 atom stereocenters. The highest BCUT2D eigenvalue weighted by atomic mass is 15.2. The summed E-state index contributed by atoms with van der Waals surface area (Å²) in [5.41, 5.74) is 12.1. The summed E-state index contributed by atoms with van der Waals surface area (Å²) in [7, 11) is 0. The lowest BCUT2D eigenvalue weighted by Crippen LogP contribution is -2.06. The Morgan fingerprint density at radius 3 is 1.29 bits per heavy atom. The Morgan fingerprint density at radius 1 is 0.286 bits per heavy atom. The fourth-order valence-corrected chi connectivity index (χ4v) is 8.30. The van der Waals surface area contributed by atoms with Crippen LogP contribution in [0.1, 0.15) is 0 Å². The van der Waals surface area contributed by atoms with Crippen LogP contribution in [-0.4, -0.2) is 24.1 Å². The van der Waals surface area contributed by atoms with Crippen LogP contribution in [0, 0.1) is 0 Å². The van der Waals surface area contributed by atoms with E-state index in [2.05, 4.69) is 191 Å². The lowest BCUT2D eigenvalue weighted by atomic mass is 9.94. The molecule has 56 heavy (non-hydrogen) atoms. The summed E-state index contributed by atoms with van der Waals surface area (Å²) in [6.07, 6.45) is 0. The van der Waals surface area contributed by atoms with Crippen LogP contribution in [0.4, 0.5) is 0 Å². The third-order valence-electron chi connectivity index (χ3n) is 10.8. The number of hydrogen-bond acceptors (Lipinski definition) is 3. The fraction of sp³-hybridized carbons (Fsp3) is 0. The van der Waals surface area contributed by atoms with Gasteiger partial charge in [-0.1, -0.05) is 164 Å². The van der Waals surface area contributed by atoms with E-state index in [0.29, 0.717) is 17.6 Å². The normalized spacial score (nSPS) is 11.6. The number of fused-ring (bicyclic) bond motifs is 7. The minimum Gasteiger partial charge on any atom is -0.309 e. The second-order valence-corrected chi connectivity index (χ2v) is 14.0. The van der Waals surface area contributed by atoms with E-state index in [0.717, 1.165) is 44.3 Å². The van der Waals surface area contributed by atoms with Crippen LogP contribution >= 0.6 is 0 Å². The maximum Gasteiger partial charge on any atom is 0.238 e. The van der Waals surface area contributed by atoms with Crippen molar-refractivity contribution in [1.82, 2.24) is 24.1 Å². The van der Waals surface area contributed by atoms with Crippen molar-refractivity contribution >= 4 is 43.6 Å². The van der Waals surface area contributed by atoms with Gasteiger partial charge in [-0.15, -0.1) is 0 Å². The molecule has 8 aromatic carbocycles. The van der Waals surface area contributed by atoms with Gasteiger partial charge in [-0.3, -0.25) is 4.57 Å². The van der Waals surface area contributed by atoms with E-state index in [-0.39, 0.29) is 0 Å². The fourth-order valence-electron chi connectivity index (χ4n) is 8.30. The van der Waals surface area contributed by atoms with Crippen molar-refractivity contribution in [3.63, 3.8) is 0 Å². The summed E-state index contributed by atoms with van der Waals surface area (Å²) in [4.78, 5) is 15.6. The number of nitrogens with zero attached hydrogens (tertiary/aromatic N) is 5. The largest absolute Gasteiger partial charge is 0.309 e. The van der Waals surface area contributed by atoms with E-state index in [1.54, 1.807) is 0 Å². The first-order chi connectivity index (χ1) is 27.8. The summed E-state index contributed by atoms with van der Waals surface area (Å²) >= 11 is 0. The van der Waals surface area contributed by atoms with Gasteiger partial charge in [-0.05, 0) is 58.7 Å². The highest BCUT2D eigenvalue weighted by Crippen LogP contribution is 2.42. The Hall–Kier alpha value is -7.63. The Kier molecular flexibility index (Phi) is 7.42. The van der Waals surface area contributed by atoms with Gasteiger partial charge >= 0.3 is 0 Å².